The molecule has 0 atom stereocenters. The van der Waals surface area contributed by atoms with Gasteiger partial charge in [-0.15, -0.1) is 0 Å². The van der Waals surface area contributed by atoms with Crippen LogP contribution in [0.2, 0.25) is 0 Å². The Kier molecular flexibility index (Phi) is 3.94. The van der Waals surface area contributed by atoms with Crippen molar-refractivity contribution in [2.45, 2.75) is 6.54 Å². The second-order valence-electron chi connectivity index (χ2n) is 3.14. The first kappa shape index (κ1) is 10.5. The van der Waals surface area contributed by atoms with Gasteiger partial charge in [0.2, 0.25) is 0 Å². The first-order valence-corrected chi connectivity index (χ1v) is 4.35. The molecule has 1 radical (unpaired) electrons. The molecule has 1 rings (SSSR count). The van der Waals surface area contributed by atoms with E-state index >= 15 is 0 Å². The highest BCUT2D eigenvalue weighted by Crippen LogP contribution is 2.11. The summed E-state index contributed by atoms with van der Waals surface area (Å²) < 4.78 is 0. The van der Waals surface area contributed by atoms with E-state index in [1.807, 2.05) is 43.3 Å². The molecule has 0 saturated heterocycles. The van der Waals surface area contributed by atoms with Crippen LogP contribution < -0.4 is 15.8 Å². The third kappa shape index (κ3) is 3.06. The average Bonchev–Trinajstić information content (AvgIpc) is 2.19. The smallest absolute Gasteiger partial charge is 0.324 e. The van der Waals surface area contributed by atoms with Crippen molar-refractivity contribution in [1.29, 1.82) is 0 Å². The average molecular weight is 192 g/mol. The van der Waals surface area contributed by atoms with Crippen molar-refractivity contribution < 1.29 is 4.79 Å². The summed E-state index contributed by atoms with van der Waals surface area (Å²) in [4.78, 5) is 11.9. The van der Waals surface area contributed by atoms with Crippen LogP contribution in [-0.4, -0.2) is 20.5 Å². The Hall–Kier alpha value is -1.55. The maximum Gasteiger partial charge on any atom is 0.324 e. The molecule has 4 heteroatoms. The van der Waals surface area contributed by atoms with Gasteiger partial charge in [0.15, 0.2) is 0 Å². The third-order valence-corrected chi connectivity index (χ3v) is 1.88. The van der Waals surface area contributed by atoms with E-state index in [0.717, 1.165) is 11.3 Å². The normalized spacial score (nSPS) is 9.57. The van der Waals surface area contributed by atoms with Crippen molar-refractivity contribution >= 4 is 12.1 Å². The minimum atomic E-state index is 0.600. The molecule has 1 aromatic carbocycles. The second-order valence-corrected chi connectivity index (χ2v) is 3.14. The van der Waals surface area contributed by atoms with Gasteiger partial charge in [-0.05, 0) is 17.7 Å². The monoisotopic (exact) mass is 192 g/mol. The second kappa shape index (κ2) is 5.24. The lowest BCUT2D eigenvalue weighted by Gasteiger charge is -2.12. The first-order valence-electron chi connectivity index (χ1n) is 4.35. The van der Waals surface area contributed by atoms with E-state index in [0.29, 0.717) is 6.54 Å². The molecule has 0 saturated carbocycles. The number of rotatable bonds is 5. The summed E-state index contributed by atoms with van der Waals surface area (Å²) >= 11 is 0. The lowest BCUT2D eigenvalue weighted by Crippen LogP contribution is -2.29. The predicted molar refractivity (Wildman–Crippen MR) is 56.4 cm³/mol. The fourth-order valence-electron chi connectivity index (χ4n) is 1.09. The van der Waals surface area contributed by atoms with Crippen LogP contribution in [0.4, 0.5) is 5.69 Å². The summed E-state index contributed by atoms with van der Waals surface area (Å²) in [6.07, 6.45) is 1.55. The van der Waals surface area contributed by atoms with Gasteiger partial charge in [0.1, 0.15) is 0 Å². The molecule has 1 aromatic rings. The minimum absolute atomic E-state index is 0.600. The lowest BCUT2D eigenvalue weighted by molar-refractivity contribution is 0.520. The van der Waals surface area contributed by atoms with Crippen LogP contribution in [0.3, 0.4) is 0 Å². The fraction of sp³-hybridized carbons (Fsp3) is 0.300. The van der Waals surface area contributed by atoms with Gasteiger partial charge in [0, 0.05) is 26.3 Å². The Bertz CT molecular complexity index is 282. The van der Waals surface area contributed by atoms with E-state index in [-0.39, 0.29) is 0 Å². The number of hydrazine groups is 1. The number of anilines is 1. The van der Waals surface area contributed by atoms with Crippen LogP contribution >= 0.6 is 0 Å². The molecule has 0 aliphatic heterocycles. The molecule has 2 N–H and O–H groups in total. The van der Waals surface area contributed by atoms with Gasteiger partial charge >= 0.3 is 6.41 Å². The Balaban J connectivity index is 2.51. The number of nitrogens with one attached hydrogen (secondary N) is 2. The largest absolute Gasteiger partial charge is 0.378 e. The number of benzene rings is 1. The highest BCUT2D eigenvalue weighted by molar-refractivity contribution is 5.47. The van der Waals surface area contributed by atoms with E-state index in [1.165, 1.54) is 0 Å². The minimum Gasteiger partial charge on any atom is -0.378 e. The van der Waals surface area contributed by atoms with Crippen molar-refractivity contribution in [3.05, 3.63) is 29.8 Å². The Morgan fingerprint density at radius 2 is 1.93 bits per heavy atom. The molecule has 1 amide bonds. The Labute approximate surface area is 83.9 Å². The molecule has 0 spiro atoms. The summed E-state index contributed by atoms with van der Waals surface area (Å²) in [7, 11) is 3.99. The lowest BCUT2D eigenvalue weighted by atomic mass is 10.2. The fourth-order valence-corrected chi connectivity index (χ4v) is 1.09. The summed E-state index contributed by atoms with van der Waals surface area (Å²) in [6, 6.07) is 8.08. The Morgan fingerprint density at radius 3 is 2.43 bits per heavy atom. The van der Waals surface area contributed by atoms with Crippen molar-refractivity contribution in [3.8, 4) is 0 Å². The molecular weight excluding hydrogens is 178 g/mol. The summed E-state index contributed by atoms with van der Waals surface area (Å²) in [5.41, 5.74) is 7.25. The maximum absolute atomic E-state index is 9.83. The number of hydrogen-bond acceptors (Lipinski definition) is 3. The van der Waals surface area contributed by atoms with E-state index in [4.69, 9.17) is 0 Å². The number of nitrogens with zero attached hydrogens (tertiary/aromatic N) is 1. The molecule has 0 aliphatic carbocycles. The number of amides is 1. The molecule has 4 nitrogen and oxygen atoms in total. The Morgan fingerprint density at radius 1 is 1.29 bits per heavy atom. The highest BCUT2D eigenvalue weighted by atomic mass is 16.1. The van der Waals surface area contributed by atoms with Crippen molar-refractivity contribution in [3.63, 3.8) is 0 Å². The maximum atomic E-state index is 9.83. The molecule has 14 heavy (non-hydrogen) atoms. The predicted octanol–water partition coefficient (Wildman–Crippen LogP) is 0.414. The molecular formula is C10H14N3O. The van der Waals surface area contributed by atoms with Crippen molar-refractivity contribution in [2.75, 3.05) is 19.0 Å². The van der Waals surface area contributed by atoms with Gasteiger partial charge in [-0.1, -0.05) is 12.1 Å². The van der Waals surface area contributed by atoms with Gasteiger partial charge < -0.3 is 4.90 Å². The molecule has 0 unspecified atom stereocenters. The zero-order valence-electron chi connectivity index (χ0n) is 8.37. The summed E-state index contributed by atoms with van der Waals surface area (Å²) in [6.45, 7) is 0.600. The van der Waals surface area contributed by atoms with Gasteiger partial charge in [0.05, 0.1) is 0 Å². The van der Waals surface area contributed by atoms with Crippen LogP contribution in [0.25, 0.3) is 0 Å². The van der Waals surface area contributed by atoms with Gasteiger partial charge in [0.25, 0.3) is 0 Å². The summed E-state index contributed by atoms with van der Waals surface area (Å²) in [5.74, 6) is 0. The van der Waals surface area contributed by atoms with Gasteiger partial charge in [-0.25, -0.2) is 5.43 Å². The molecule has 0 fully saturated rings. The summed E-state index contributed by atoms with van der Waals surface area (Å²) in [5, 5.41) is 0. The van der Waals surface area contributed by atoms with Gasteiger partial charge in [-0.2, -0.15) is 0 Å². The van der Waals surface area contributed by atoms with Crippen LogP contribution in [0, 0.1) is 0 Å². The molecule has 0 bridgehead atoms. The quantitative estimate of drug-likeness (QED) is 0.403. The molecule has 0 aromatic heterocycles. The highest BCUT2D eigenvalue weighted by Gasteiger charge is 1.95. The first-order chi connectivity index (χ1) is 6.74. The standard InChI is InChI=1S/C10H14N3O/c1-13(2)10-5-3-9(4-6-10)7-11-12-8-14/h3-6,11H,7H2,1-2H3,(H,12,14). The van der Waals surface area contributed by atoms with E-state index < -0.39 is 0 Å². The van der Waals surface area contributed by atoms with Crippen LogP contribution in [0.1, 0.15) is 5.56 Å². The van der Waals surface area contributed by atoms with Gasteiger partial charge in [-0.3, -0.25) is 10.2 Å². The molecule has 75 valence electrons. The van der Waals surface area contributed by atoms with Crippen molar-refractivity contribution in [2.24, 2.45) is 0 Å². The third-order valence-electron chi connectivity index (χ3n) is 1.88. The topological polar surface area (TPSA) is 44.4 Å². The molecule has 0 heterocycles. The zero-order chi connectivity index (χ0) is 10.4. The number of carbonyl (C=O) groups excluding carboxylic acids is 1. The van der Waals surface area contributed by atoms with Crippen LogP contribution in [0.5, 0.6) is 0 Å². The zero-order valence-corrected chi connectivity index (χ0v) is 8.37. The van der Waals surface area contributed by atoms with Crippen LogP contribution in [0.15, 0.2) is 24.3 Å². The van der Waals surface area contributed by atoms with Crippen LogP contribution in [-0.2, 0) is 11.3 Å². The van der Waals surface area contributed by atoms with E-state index in [2.05, 4.69) is 10.9 Å². The van der Waals surface area contributed by atoms with E-state index in [1.54, 1.807) is 6.41 Å². The molecule has 0 aliphatic rings. The SMILES string of the molecule is CN(C)c1ccc(CNN[C]=O)cc1. The van der Waals surface area contributed by atoms with E-state index in [9.17, 15) is 4.79 Å². The number of hydrogen-bond donors (Lipinski definition) is 2. The van der Waals surface area contributed by atoms with Crippen molar-refractivity contribution in [1.82, 2.24) is 10.9 Å².